The SMILES string of the molecule is CCO.Cc1cc(C)c(S(=O)(=O)O)c(C)c1.Cc1cc(C)c(S(=O)(=O)O)c(C)c1.Cc1cccc2nc(-c3cncc(Br)c3)nn12.Cc1cccc[nH+]1.Cc1cccc[nH+]1.Cc1ccccc1S(=O)(=O)ON.Cc1ccccn1.ClCCl.N.N.N#Cc1cncc(Br)c1.[K+].[OH-]. The molecule has 0 atom stereocenters. The van der Waals surface area contributed by atoms with E-state index in [0.717, 1.165) is 42.7 Å². The number of fused-ring (bicyclic) bond motifs is 1. The van der Waals surface area contributed by atoms with E-state index in [1.165, 1.54) is 23.7 Å². The molecule has 0 aliphatic carbocycles. The van der Waals surface area contributed by atoms with Gasteiger partial charge in [-0.25, -0.2) is 19.5 Å². The number of rotatable bonds is 5. The summed E-state index contributed by atoms with van der Waals surface area (Å²) in [6, 6.07) is 42.8. The third-order valence-corrected chi connectivity index (χ3v) is 15.5. The second kappa shape index (κ2) is 50.6. The van der Waals surface area contributed by atoms with Crippen LogP contribution in [0.2, 0.25) is 0 Å². The number of alkyl halides is 2. The van der Waals surface area contributed by atoms with Gasteiger partial charge in [-0.15, -0.1) is 28.3 Å². The second-order valence-electron chi connectivity index (χ2n) is 19.0. The van der Waals surface area contributed by atoms with Gasteiger partial charge in [0.15, 0.2) is 35.3 Å². The third-order valence-electron chi connectivity index (χ3n) is 11.1. The van der Waals surface area contributed by atoms with Crippen molar-refractivity contribution in [3.63, 3.8) is 0 Å². The van der Waals surface area contributed by atoms with Gasteiger partial charge in [-0.3, -0.25) is 24.1 Å². The number of halogens is 4. The average Bonchev–Trinajstić information content (AvgIpc) is 1.81. The number of hydrogen-bond acceptors (Lipinski definition) is 18. The Balaban J connectivity index is -0.000000497. The smallest absolute Gasteiger partial charge is 0.870 e. The van der Waals surface area contributed by atoms with Gasteiger partial charge in [-0.2, -0.15) is 40.7 Å². The van der Waals surface area contributed by atoms with Crippen molar-refractivity contribution in [2.75, 3.05) is 11.9 Å². The molecule has 510 valence electrons. The van der Waals surface area contributed by atoms with Crippen molar-refractivity contribution in [3.8, 4) is 17.5 Å². The van der Waals surface area contributed by atoms with Gasteiger partial charge in [-0.05, 0) is 171 Å². The van der Waals surface area contributed by atoms with Crippen molar-refractivity contribution in [2.45, 2.75) is 97.8 Å². The summed E-state index contributed by atoms with van der Waals surface area (Å²) in [5.41, 5.74) is 11.8. The number of aliphatic hydroxyl groups is 1. The number of nitriles is 1. The van der Waals surface area contributed by atoms with Crippen LogP contribution in [0, 0.1) is 87.5 Å². The van der Waals surface area contributed by atoms with Crippen molar-refractivity contribution in [1.82, 2.24) is 41.9 Å². The summed E-state index contributed by atoms with van der Waals surface area (Å²) in [4.78, 5) is 22.6. The molecule has 7 aromatic heterocycles. The number of aryl methyl sites for hydroxylation is 11. The van der Waals surface area contributed by atoms with Gasteiger partial charge in [0.25, 0.3) is 20.2 Å². The monoisotopic (exact) mass is 1560 g/mol. The van der Waals surface area contributed by atoms with Crippen molar-refractivity contribution < 1.29 is 111 Å². The Labute approximate surface area is 628 Å². The molecule has 10 aromatic rings. The molecule has 14 N–H and O–H groups in total. The summed E-state index contributed by atoms with van der Waals surface area (Å²) in [7, 11) is -11.9. The van der Waals surface area contributed by atoms with Crippen molar-refractivity contribution >= 4 is 91.1 Å². The Morgan fingerprint density at radius 1 is 0.611 bits per heavy atom. The van der Waals surface area contributed by atoms with Crippen molar-refractivity contribution in [2.24, 2.45) is 5.90 Å². The molecule has 0 radical (unpaired) electrons. The first kappa shape index (κ1) is 95.6. The van der Waals surface area contributed by atoms with E-state index in [0.29, 0.717) is 39.2 Å². The molecular weight excluding hydrogens is 1480 g/mol. The van der Waals surface area contributed by atoms with Gasteiger partial charge in [0.1, 0.15) is 6.07 Å². The molecule has 0 amide bonds. The number of hydrogen-bond donors (Lipinski definition) is 6. The number of aromatic nitrogens is 8. The predicted octanol–water partition coefficient (Wildman–Crippen LogP) is 10.4. The summed E-state index contributed by atoms with van der Waals surface area (Å²) in [6.07, 6.45) is 12.3. The van der Waals surface area contributed by atoms with E-state index in [9.17, 15) is 25.3 Å². The molecule has 0 bridgehead atoms. The Morgan fingerprint density at radius 3 is 1.36 bits per heavy atom. The number of aromatic amines is 2. The molecule has 0 aliphatic heterocycles. The number of H-pyrrole nitrogens is 2. The molecule has 0 saturated heterocycles. The molecule has 31 heteroatoms. The summed E-state index contributed by atoms with van der Waals surface area (Å²) in [6.45, 7) is 22.1. The van der Waals surface area contributed by atoms with Crippen molar-refractivity contribution in [1.29, 1.82) is 5.26 Å². The van der Waals surface area contributed by atoms with Crippen LogP contribution in [0.1, 0.15) is 74.2 Å². The van der Waals surface area contributed by atoms with E-state index in [1.54, 1.807) is 115 Å². The number of benzene rings is 3. The standard InChI is InChI=1S/C12H9BrN4.2C9H12O3S.C7H9NO3S.C6H3BrN2.3C6H7N.C2H6O.CH2Cl2.K.2H3N.H2O/c1-8-3-2-4-11-15-12(16-17(8)11)9-5-10(13)7-14-6-9;2*1-6-4-7(2)9(8(3)5-6)13(10,11)12;1-6-4-2-3-5-7(6)12(9,10)11-8;7-6-1-5(2-8)3-9-4-6;3*1-6-4-2-3-5-7-6;1-2-3;2-1-3;;;;/h2-7H,1H3;2*4-5H,1-3H3,(H,10,11,12);2-5H,8H2,1H3;1,3-4H;3*2-5H,1H3;3H,2H2,1H3;1H2;;2*1H3;1H2/q;;;;;;;;;;+1;;;/p+1. The molecule has 0 saturated carbocycles. The van der Waals surface area contributed by atoms with Crippen LogP contribution in [0.4, 0.5) is 0 Å². The van der Waals surface area contributed by atoms with E-state index in [2.05, 4.69) is 77.0 Å². The summed E-state index contributed by atoms with van der Waals surface area (Å²) in [5.74, 6) is 5.31. The summed E-state index contributed by atoms with van der Waals surface area (Å²) in [5, 5.41) is 20.6. The van der Waals surface area contributed by atoms with Crippen LogP contribution in [-0.2, 0) is 34.6 Å². The van der Waals surface area contributed by atoms with Crippen LogP contribution < -0.4 is 79.6 Å². The number of aliphatic hydroxyl groups excluding tert-OH is 1. The molecular formula is C64H83Br2Cl2KN12O11S3+2. The molecule has 95 heavy (non-hydrogen) atoms. The molecule has 0 fully saturated rings. The minimum Gasteiger partial charge on any atom is -0.870 e. The zero-order valence-corrected chi connectivity index (χ0v) is 65.4. The second-order valence-corrected chi connectivity index (χ2v) is 25.9. The first-order chi connectivity index (χ1) is 42.8. The minimum atomic E-state index is -4.08. The number of nitrogens with two attached hydrogens (primary N) is 1. The zero-order valence-electron chi connectivity index (χ0n) is 55.2. The van der Waals surface area contributed by atoms with Crippen LogP contribution in [0.3, 0.4) is 0 Å². The minimum absolute atomic E-state index is 0. The Bertz CT molecular complexity index is 4000. The molecule has 0 unspecified atom stereocenters. The zero-order chi connectivity index (χ0) is 68.9. The summed E-state index contributed by atoms with van der Waals surface area (Å²) >= 11 is 16.1. The molecule has 0 spiro atoms. The van der Waals surface area contributed by atoms with Crippen molar-refractivity contribution in [3.05, 3.63) is 253 Å². The van der Waals surface area contributed by atoms with E-state index in [-0.39, 0.29) is 95.8 Å². The number of nitrogens with one attached hydrogen (secondary N) is 2. The van der Waals surface area contributed by atoms with Gasteiger partial charge < -0.3 is 22.9 Å². The van der Waals surface area contributed by atoms with Crippen LogP contribution in [0.25, 0.3) is 17.0 Å². The van der Waals surface area contributed by atoms with Gasteiger partial charge in [-0.1, -0.05) is 77.9 Å². The topological polar surface area (TPSA) is 419 Å². The predicted molar refractivity (Wildman–Crippen MR) is 376 cm³/mol. The van der Waals surface area contributed by atoms with Gasteiger partial charge in [0.05, 0.1) is 25.6 Å². The van der Waals surface area contributed by atoms with Crippen LogP contribution in [0.15, 0.2) is 200 Å². The van der Waals surface area contributed by atoms with Gasteiger partial charge >= 0.3 is 61.5 Å². The first-order valence-corrected chi connectivity index (χ1v) is 33.9. The average molecular weight is 1560 g/mol. The van der Waals surface area contributed by atoms with Gasteiger partial charge in [0, 0.05) is 102 Å². The molecule has 3 aromatic carbocycles. The van der Waals surface area contributed by atoms with E-state index < -0.39 is 30.4 Å². The molecule has 23 nitrogen and oxygen atoms in total. The fraction of sp³-hybridized carbons (Fsp3) is 0.219. The molecule has 7 heterocycles. The maximum absolute atomic E-state index is 11.1. The molecule has 0 aliphatic rings. The van der Waals surface area contributed by atoms with Gasteiger partial charge in [0.2, 0.25) is 0 Å². The maximum atomic E-state index is 11.1. The van der Waals surface area contributed by atoms with Crippen LogP contribution in [-0.4, -0.2) is 86.4 Å². The molecule has 10 rings (SSSR count). The Hall–Kier alpha value is -5.77. The fourth-order valence-electron chi connectivity index (χ4n) is 7.62. The summed E-state index contributed by atoms with van der Waals surface area (Å²) < 4.78 is 91.2. The Morgan fingerprint density at radius 2 is 1.04 bits per heavy atom. The largest absolute Gasteiger partial charge is 1.00 e. The third kappa shape index (κ3) is 38.7. The van der Waals surface area contributed by atoms with E-state index >= 15 is 0 Å². The number of pyridine rings is 6. The Kier molecular flexibility index (Phi) is 50.9. The van der Waals surface area contributed by atoms with E-state index in [1.807, 2.05) is 143 Å². The fourth-order valence-corrected chi connectivity index (χ4v) is 11.0. The van der Waals surface area contributed by atoms with Crippen LogP contribution in [0.5, 0.6) is 0 Å². The normalized spacial score (nSPS) is 9.72. The van der Waals surface area contributed by atoms with Crippen LogP contribution >= 0.6 is 55.1 Å². The van der Waals surface area contributed by atoms with E-state index in [4.69, 9.17) is 42.7 Å². The number of nitrogens with zero attached hydrogens (tertiary/aromatic N) is 7. The maximum Gasteiger partial charge on any atom is 1.00 e. The first-order valence-electron chi connectivity index (χ1n) is 27.0. The quantitative estimate of drug-likeness (QED) is 0.0403.